The lowest BCUT2D eigenvalue weighted by molar-refractivity contribution is -0.137. The van der Waals surface area contributed by atoms with E-state index >= 15 is 0 Å². The number of carboxylic acid groups (broad SMARTS) is 1. The fourth-order valence-electron chi connectivity index (χ4n) is 3.50. The van der Waals surface area contributed by atoms with Crippen LogP contribution in [-0.2, 0) is 16.2 Å². The van der Waals surface area contributed by atoms with Crippen LogP contribution >= 0.6 is 0 Å². The van der Waals surface area contributed by atoms with Crippen LogP contribution in [0.3, 0.4) is 0 Å². The number of para-hydroxylation sites is 1. The van der Waals surface area contributed by atoms with E-state index in [0.717, 1.165) is 13.0 Å². The molecule has 2 aromatic carbocycles. The highest BCUT2D eigenvalue weighted by Crippen LogP contribution is 2.36. The highest BCUT2D eigenvalue weighted by atomic mass is 32.2. The van der Waals surface area contributed by atoms with E-state index in [1.54, 1.807) is 0 Å². The molecule has 1 aromatic heterocycles. The first-order valence-corrected chi connectivity index (χ1v) is 11.5. The van der Waals surface area contributed by atoms with Crippen molar-refractivity contribution in [3.63, 3.8) is 0 Å². The van der Waals surface area contributed by atoms with Gasteiger partial charge in [0.25, 0.3) is 10.0 Å². The average molecular weight is 498 g/mol. The number of anilines is 1. The van der Waals surface area contributed by atoms with Crippen molar-refractivity contribution < 1.29 is 35.9 Å². The predicted octanol–water partition coefficient (Wildman–Crippen LogP) is 4.29. The lowest BCUT2D eigenvalue weighted by Gasteiger charge is -2.20. The number of alkyl halides is 3. The summed E-state index contributed by atoms with van der Waals surface area (Å²) in [5.41, 5.74) is -2.97. The Bertz CT molecular complexity index is 1430. The van der Waals surface area contributed by atoms with Gasteiger partial charge in [0, 0.05) is 17.8 Å². The quantitative estimate of drug-likeness (QED) is 0.444. The fraction of sp³-hybridized carbons (Fsp3) is 0.273. The zero-order valence-electron chi connectivity index (χ0n) is 18.3. The molecule has 0 aliphatic carbocycles. The second-order valence-corrected chi connectivity index (χ2v) is 9.17. The molecule has 1 unspecified atom stereocenters. The highest BCUT2D eigenvalue weighted by Gasteiger charge is 2.34. The summed E-state index contributed by atoms with van der Waals surface area (Å²) in [5, 5.41) is 11.1. The van der Waals surface area contributed by atoms with Gasteiger partial charge in [0.1, 0.15) is 5.58 Å². The van der Waals surface area contributed by atoms with Crippen molar-refractivity contribution in [1.29, 1.82) is 0 Å². The van der Waals surface area contributed by atoms with Crippen LogP contribution in [-0.4, -0.2) is 26.0 Å². The maximum Gasteiger partial charge on any atom is 0.416 e. The SMILES string of the molecule is CCNS(=O)(=O)c1oc2c(C(C)Nc3ccccc3C(=O)O)cc(C(F)(F)F)cc2c(=O)c1C. The van der Waals surface area contributed by atoms with Gasteiger partial charge in [0.2, 0.25) is 5.09 Å². The van der Waals surface area contributed by atoms with Crippen LogP contribution in [0.15, 0.2) is 50.7 Å². The van der Waals surface area contributed by atoms with Gasteiger partial charge in [-0.15, -0.1) is 0 Å². The average Bonchev–Trinajstić information content (AvgIpc) is 2.74. The number of rotatable bonds is 7. The van der Waals surface area contributed by atoms with Gasteiger partial charge in [0.05, 0.1) is 28.1 Å². The number of carboxylic acids is 1. The topological polar surface area (TPSA) is 126 Å². The Hall–Kier alpha value is -3.38. The van der Waals surface area contributed by atoms with Gasteiger partial charge in [-0.2, -0.15) is 13.2 Å². The highest BCUT2D eigenvalue weighted by molar-refractivity contribution is 7.89. The maximum absolute atomic E-state index is 13.6. The molecule has 12 heteroatoms. The Balaban J connectivity index is 2.32. The predicted molar refractivity (Wildman–Crippen MR) is 119 cm³/mol. The number of hydrogen-bond acceptors (Lipinski definition) is 6. The molecule has 1 atom stereocenters. The van der Waals surface area contributed by atoms with Gasteiger partial charge in [-0.1, -0.05) is 19.1 Å². The van der Waals surface area contributed by atoms with Crippen LogP contribution in [0.4, 0.5) is 18.9 Å². The van der Waals surface area contributed by atoms with Crippen molar-refractivity contribution in [3.05, 3.63) is 68.9 Å². The summed E-state index contributed by atoms with van der Waals surface area (Å²) in [6.07, 6.45) is -4.81. The lowest BCUT2D eigenvalue weighted by Crippen LogP contribution is -2.26. The van der Waals surface area contributed by atoms with E-state index in [1.165, 1.54) is 38.1 Å². The number of nitrogens with one attached hydrogen (secondary N) is 2. The summed E-state index contributed by atoms with van der Waals surface area (Å²) in [6.45, 7) is 4.10. The van der Waals surface area contributed by atoms with Crippen LogP contribution in [0, 0.1) is 6.92 Å². The Kier molecular flexibility index (Phi) is 6.76. The Morgan fingerprint density at radius 1 is 1.21 bits per heavy atom. The Labute approximate surface area is 192 Å². The Morgan fingerprint density at radius 3 is 2.44 bits per heavy atom. The molecule has 3 N–H and O–H groups in total. The number of benzene rings is 2. The van der Waals surface area contributed by atoms with Gasteiger partial charge >= 0.3 is 12.1 Å². The van der Waals surface area contributed by atoms with E-state index in [4.69, 9.17) is 4.42 Å². The van der Waals surface area contributed by atoms with Crippen molar-refractivity contribution >= 4 is 32.6 Å². The van der Waals surface area contributed by atoms with E-state index in [1.807, 2.05) is 0 Å². The molecule has 0 aliphatic heterocycles. The van der Waals surface area contributed by atoms with E-state index in [-0.39, 0.29) is 34.5 Å². The number of carbonyl (C=O) groups is 1. The lowest BCUT2D eigenvalue weighted by atomic mass is 9.99. The molecule has 0 radical (unpaired) electrons. The zero-order chi connectivity index (χ0) is 25.4. The number of fused-ring (bicyclic) bond motifs is 1. The fourth-order valence-corrected chi connectivity index (χ4v) is 4.70. The minimum Gasteiger partial charge on any atom is -0.478 e. The third-order valence-electron chi connectivity index (χ3n) is 5.11. The third-order valence-corrected chi connectivity index (χ3v) is 6.65. The minimum absolute atomic E-state index is 0.00663. The Morgan fingerprint density at radius 2 is 1.85 bits per heavy atom. The maximum atomic E-state index is 13.6. The van der Waals surface area contributed by atoms with Crippen LogP contribution in [0.1, 0.15) is 46.9 Å². The molecule has 8 nitrogen and oxygen atoms in total. The molecule has 1 heterocycles. The van der Waals surface area contributed by atoms with Crippen molar-refractivity contribution in [2.45, 2.75) is 38.1 Å². The van der Waals surface area contributed by atoms with Crippen LogP contribution in [0.5, 0.6) is 0 Å². The first-order chi connectivity index (χ1) is 15.8. The monoisotopic (exact) mass is 498 g/mol. The van der Waals surface area contributed by atoms with E-state index < -0.39 is 49.7 Å². The standard InChI is InChI=1S/C22H21F3N2O6S/c1-4-26-34(31,32)21-11(2)18(28)16-10-13(22(23,24)25)9-15(19(16)33-21)12(3)27-17-8-6-5-7-14(17)20(29)30/h5-10,12,26-27H,4H2,1-3H3,(H,29,30). The molecule has 0 amide bonds. The summed E-state index contributed by atoms with van der Waals surface area (Å²) >= 11 is 0. The van der Waals surface area contributed by atoms with Crippen LogP contribution < -0.4 is 15.5 Å². The molecular formula is C22H21F3N2O6S. The largest absolute Gasteiger partial charge is 0.478 e. The molecule has 0 bridgehead atoms. The van der Waals surface area contributed by atoms with Gasteiger partial charge in [0.15, 0.2) is 5.43 Å². The normalized spacial score (nSPS) is 13.1. The van der Waals surface area contributed by atoms with E-state index in [2.05, 4.69) is 10.0 Å². The summed E-state index contributed by atoms with van der Waals surface area (Å²) < 4.78 is 73.7. The first kappa shape index (κ1) is 25.2. The number of sulfonamides is 1. The molecule has 0 aliphatic rings. The number of halogens is 3. The molecule has 0 spiro atoms. The summed E-state index contributed by atoms with van der Waals surface area (Å²) in [6, 6.07) is 6.11. The van der Waals surface area contributed by atoms with Gasteiger partial charge in [-0.25, -0.2) is 17.9 Å². The molecule has 3 rings (SSSR count). The van der Waals surface area contributed by atoms with Crippen LogP contribution in [0.25, 0.3) is 11.0 Å². The second-order valence-electron chi connectivity index (χ2n) is 7.50. The van der Waals surface area contributed by atoms with Gasteiger partial charge in [-0.3, -0.25) is 4.79 Å². The van der Waals surface area contributed by atoms with Gasteiger partial charge < -0.3 is 14.8 Å². The molecule has 0 saturated heterocycles. The smallest absolute Gasteiger partial charge is 0.416 e. The summed E-state index contributed by atoms with van der Waals surface area (Å²) in [7, 11) is -4.25. The molecule has 3 aromatic rings. The third kappa shape index (κ3) is 4.77. The number of hydrogen-bond donors (Lipinski definition) is 3. The molecule has 0 saturated carbocycles. The van der Waals surface area contributed by atoms with Crippen molar-refractivity contribution in [1.82, 2.24) is 4.72 Å². The molecular weight excluding hydrogens is 477 g/mol. The second kappa shape index (κ2) is 9.11. The zero-order valence-corrected chi connectivity index (χ0v) is 19.1. The minimum atomic E-state index is -4.81. The van der Waals surface area contributed by atoms with Crippen LogP contribution in [0.2, 0.25) is 0 Å². The van der Waals surface area contributed by atoms with E-state index in [9.17, 15) is 36.3 Å². The number of aromatic carboxylic acids is 1. The van der Waals surface area contributed by atoms with Crippen molar-refractivity contribution in [3.8, 4) is 0 Å². The summed E-state index contributed by atoms with van der Waals surface area (Å²) in [5.74, 6) is -1.26. The van der Waals surface area contributed by atoms with Gasteiger partial charge in [-0.05, 0) is 38.1 Å². The molecule has 0 fully saturated rings. The molecule has 34 heavy (non-hydrogen) atoms. The summed E-state index contributed by atoms with van der Waals surface area (Å²) in [4.78, 5) is 24.5. The van der Waals surface area contributed by atoms with Crippen molar-refractivity contribution in [2.24, 2.45) is 0 Å². The van der Waals surface area contributed by atoms with Crippen molar-refractivity contribution in [2.75, 3.05) is 11.9 Å². The molecule has 182 valence electrons. The first-order valence-electron chi connectivity index (χ1n) is 10.0. The van der Waals surface area contributed by atoms with E-state index in [0.29, 0.717) is 6.07 Å².